The molecule has 2 aromatic rings. The van der Waals surface area contributed by atoms with Crippen molar-refractivity contribution in [2.75, 3.05) is 20.2 Å². The van der Waals surface area contributed by atoms with Crippen LogP contribution in [0.3, 0.4) is 0 Å². The molecule has 0 saturated carbocycles. The topological polar surface area (TPSA) is 45.7 Å². The molecule has 0 bridgehead atoms. The van der Waals surface area contributed by atoms with Crippen LogP contribution in [0.15, 0.2) is 59.6 Å². The van der Waals surface area contributed by atoms with Crippen molar-refractivity contribution in [1.82, 2.24) is 10.6 Å². The molecule has 2 aromatic carbocycles. The molecule has 0 radical (unpaired) electrons. The van der Waals surface area contributed by atoms with E-state index in [1.165, 1.54) is 12.1 Å². The van der Waals surface area contributed by atoms with E-state index in [0.717, 1.165) is 24.3 Å². The third kappa shape index (κ3) is 7.63. The van der Waals surface area contributed by atoms with Crippen molar-refractivity contribution in [3.05, 3.63) is 66.0 Å². The highest BCUT2D eigenvalue weighted by atomic mass is 127. The van der Waals surface area contributed by atoms with Crippen LogP contribution in [0.4, 0.5) is 4.39 Å². The van der Waals surface area contributed by atoms with E-state index in [1.54, 1.807) is 19.2 Å². The largest absolute Gasteiger partial charge is 0.494 e. The summed E-state index contributed by atoms with van der Waals surface area (Å²) in [5, 5.41) is 6.41. The predicted molar refractivity (Wildman–Crippen MR) is 107 cm³/mol. The van der Waals surface area contributed by atoms with Crippen molar-refractivity contribution in [2.24, 2.45) is 4.99 Å². The van der Waals surface area contributed by atoms with E-state index in [-0.39, 0.29) is 29.8 Å². The Balaban J connectivity index is 0.00000288. The maximum absolute atomic E-state index is 12.8. The molecule has 0 aliphatic heterocycles. The Kier molecular flexibility index (Phi) is 9.83. The number of rotatable bonds is 7. The molecule has 0 aliphatic rings. The van der Waals surface area contributed by atoms with Crippen molar-refractivity contribution in [2.45, 2.75) is 13.0 Å². The van der Waals surface area contributed by atoms with Crippen LogP contribution in [0.1, 0.15) is 12.0 Å². The molecule has 6 heteroatoms. The van der Waals surface area contributed by atoms with Gasteiger partial charge in [0.25, 0.3) is 0 Å². The molecule has 4 nitrogen and oxygen atoms in total. The van der Waals surface area contributed by atoms with Gasteiger partial charge in [-0.2, -0.15) is 0 Å². The van der Waals surface area contributed by atoms with Crippen LogP contribution >= 0.6 is 24.0 Å². The van der Waals surface area contributed by atoms with Gasteiger partial charge >= 0.3 is 0 Å². The Morgan fingerprint density at radius 1 is 1.04 bits per heavy atom. The van der Waals surface area contributed by atoms with Gasteiger partial charge in [0.15, 0.2) is 5.96 Å². The van der Waals surface area contributed by atoms with Gasteiger partial charge in [0.1, 0.15) is 11.6 Å². The van der Waals surface area contributed by atoms with Crippen molar-refractivity contribution in [3.8, 4) is 5.75 Å². The molecular formula is C18H23FIN3O. The van der Waals surface area contributed by atoms with Gasteiger partial charge in [-0.3, -0.25) is 4.99 Å². The normalized spacial score (nSPS) is 10.7. The van der Waals surface area contributed by atoms with Crippen LogP contribution in [0.25, 0.3) is 0 Å². The molecule has 2 rings (SSSR count). The van der Waals surface area contributed by atoms with Crippen molar-refractivity contribution in [1.29, 1.82) is 0 Å². The average molecular weight is 443 g/mol. The first kappa shape index (κ1) is 20.2. The summed E-state index contributed by atoms with van der Waals surface area (Å²) in [6.07, 6.45) is 0.867. The zero-order chi connectivity index (χ0) is 16.3. The monoisotopic (exact) mass is 443 g/mol. The highest BCUT2D eigenvalue weighted by Gasteiger charge is 1.99. The van der Waals surface area contributed by atoms with E-state index in [0.29, 0.717) is 19.1 Å². The number of nitrogens with zero attached hydrogens (tertiary/aromatic N) is 1. The van der Waals surface area contributed by atoms with Crippen molar-refractivity contribution >= 4 is 29.9 Å². The second-order valence-electron chi connectivity index (χ2n) is 4.99. The summed E-state index contributed by atoms with van der Waals surface area (Å²) in [6.45, 7) is 2.00. The lowest BCUT2D eigenvalue weighted by atomic mass is 10.2. The first-order valence-corrected chi connectivity index (χ1v) is 7.65. The summed E-state index contributed by atoms with van der Waals surface area (Å²) in [6, 6.07) is 16.2. The molecule has 0 amide bonds. The molecule has 0 aliphatic carbocycles. The third-order valence-corrected chi connectivity index (χ3v) is 3.22. The highest BCUT2D eigenvalue weighted by molar-refractivity contribution is 14.0. The second-order valence-corrected chi connectivity index (χ2v) is 4.99. The Bertz CT molecular complexity index is 605. The van der Waals surface area contributed by atoms with Gasteiger partial charge in [-0.25, -0.2) is 4.39 Å². The summed E-state index contributed by atoms with van der Waals surface area (Å²) < 4.78 is 18.5. The number of nitrogens with one attached hydrogen (secondary N) is 2. The van der Waals surface area contributed by atoms with Crippen LogP contribution < -0.4 is 15.4 Å². The fourth-order valence-corrected chi connectivity index (χ4v) is 1.99. The average Bonchev–Trinajstić information content (AvgIpc) is 2.59. The molecule has 0 spiro atoms. The molecular weight excluding hydrogens is 420 g/mol. The van der Waals surface area contributed by atoms with E-state index < -0.39 is 0 Å². The fourth-order valence-electron chi connectivity index (χ4n) is 1.99. The van der Waals surface area contributed by atoms with Crippen LogP contribution in [-0.4, -0.2) is 26.2 Å². The molecule has 130 valence electrons. The summed E-state index contributed by atoms with van der Waals surface area (Å²) in [5.41, 5.74) is 1.00. The number of ether oxygens (including phenoxy) is 1. The number of guanidine groups is 1. The lowest BCUT2D eigenvalue weighted by Crippen LogP contribution is -2.37. The molecule has 2 N–H and O–H groups in total. The Morgan fingerprint density at radius 2 is 1.75 bits per heavy atom. The second kappa shape index (κ2) is 11.7. The van der Waals surface area contributed by atoms with E-state index in [4.69, 9.17) is 4.74 Å². The van der Waals surface area contributed by atoms with Gasteiger partial charge in [-0.1, -0.05) is 30.3 Å². The van der Waals surface area contributed by atoms with E-state index >= 15 is 0 Å². The van der Waals surface area contributed by atoms with Gasteiger partial charge in [-0.15, -0.1) is 24.0 Å². The van der Waals surface area contributed by atoms with Gasteiger partial charge in [0, 0.05) is 20.1 Å². The van der Waals surface area contributed by atoms with Gasteiger partial charge < -0.3 is 15.4 Å². The molecule has 0 heterocycles. The number of hydrogen-bond donors (Lipinski definition) is 2. The van der Waals surface area contributed by atoms with Crippen molar-refractivity contribution in [3.63, 3.8) is 0 Å². The summed E-state index contributed by atoms with van der Waals surface area (Å²) in [7, 11) is 1.72. The molecule has 0 atom stereocenters. The van der Waals surface area contributed by atoms with Crippen molar-refractivity contribution < 1.29 is 9.13 Å². The predicted octanol–water partition coefficient (Wildman–Crippen LogP) is 3.58. The van der Waals surface area contributed by atoms with Gasteiger partial charge in [0.05, 0.1) is 6.61 Å². The maximum Gasteiger partial charge on any atom is 0.191 e. The number of benzene rings is 2. The minimum absolute atomic E-state index is 0. The maximum atomic E-state index is 12.8. The van der Waals surface area contributed by atoms with E-state index in [1.807, 2.05) is 30.3 Å². The smallest absolute Gasteiger partial charge is 0.191 e. The lowest BCUT2D eigenvalue weighted by Gasteiger charge is -2.12. The van der Waals surface area contributed by atoms with Gasteiger partial charge in [0.2, 0.25) is 0 Å². The number of hydrogen-bond acceptors (Lipinski definition) is 2. The van der Waals surface area contributed by atoms with Crippen LogP contribution in [0, 0.1) is 5.82 Å². The van der Waals surface area contributed by atoms with E-state index in [2.05, 4.69) is 15.6 Å². The molecule has 24 heavy (non-hydrogen) atoms. The number of aliphatic imine (C=N–C) groups is 1. The molecule has 0 fully saturated rings. The Hall–Kier alpha value is -1.83. The number of para-hydroxylation sites is 1. The minimum Gasteiger partial charge on any atom is -0.494 e. The third-order valence-electron chi connectivity index (χ3n) is 3.22. The summed E-state index contributed by atoms with van der Waals surface area (Å²) in [5.74, 6) is 1.37. The number of halogens is 2. The minimum atomic E-state index is -0.227. The summed E-state index contributed by atoms with van der Waals surface area (Å²) >= 11 is 0. The SMILES string of the molecule is CN=C(NCCCOc1ccccc1)NCc1ccc(F)cc1.I. The Labute approximate surface area is 159 Å². The quantitative estimate of drug-likeness (QED) is 0.298. The molecule has 0 unspecified atom stereocenters. The first-order valence-electron chi connectivity index (χ1n) is 7.65. The van der Waals surface area contributed by atoms with Crippen LogP contribution in [0.5, 0.6) is 5.75 Å². The zero-order valence-electron chi connectivity index (χ0n) is 13.7. The van der Waals surface area contributed by atoms with E-state index in [9.17, 15) is 4.39 Å². The van der Waals surface area contributed by atoms with Crippen LogP contribution in [0.2, 0.25) is 0 Å². The first-order chi connectivity index (χ1) is 11.3. The lowest BCUT2D eigenvalue weighted by molar-refractivity contribution is 0.311. The molecule has 0 saturated heterocycles. The van der Waals surface area contributed by atoms with Crippen LogP contribution in [-0.2, 0) is 6.54 Å². The zero-order valence-corrected chi connectivity index (χ0v) is 16.0. The fraction of sp³-hybridized carbons (Fsp3) is 0.278. The highest BCUT2D eigenvalue weighted by Crippen LogP contribution is 2.08. The Morgan fingerprint density at radius 3 is 2.42 bits per heavy atom. The standard InChI is InChI=1S/C18H22FN3O.HI/c1-20-18(22-14-15-8-10-16(19)11-9-15)21-12-5-13-23-17-6-3-2-4-7-17;/h2-4,6-11H,5,12-14H2,1H3,(H2,20,21,22);1H. The summed E-state index contributed by atoms with van der Waals surface area (Å²) in [4.78, 5) is 4.16. The molecule has 0 aromatic heterocycles. The van der Waals surface area contributed by atoms with Gasteiger partial charge in [-0.05, 0) is 36.2 Å².